The van der Waals surface area contributed by atoms with Crippen molar-refractivity contribution in [3.05, 3.63) is 35.4 Å². The maximum atomic E-state index is 12.2. The number of hydrogen-bond donors (Lipinski definition) is 1. The van der Waals surface area contributed by atoms with Gasteiger partial charge in [0.2, 0.25) is 0 Å². The Bertz CT molecular complexity index is 489. The first-order chi connectivity index (χ1) is 9.74. The fourth-order valence-electron chi connectivity index (χ4n) is 3.14. The van der Waals surface area contributed by atoms with Crippen molar-refractivity contribution in [2.24, 2.45) is 0 Å². The molecule has 2 aliphatic rings. The molecule has 4 nitrogen and oxygen atoms in total. The van der Waals surface area contributed by atoms with E-state index in [0.29, 0.717) is 12.6 Å². The van der Waals surface area contributed by atoms with E-state index >= 15 is 0 Å². The van der Waals surface area contributed by atoms with Crippen molar-refractivity contribution in [1.82, 2.24) is 10.2 Å². The first-order valence-corrected chi connectivity index (χ1v) is 7.43. The van der Waals surface area contributed by atoms with Gasteiger partial charge in [0.15, 0.2) is 0 Å². The van der Waals surface area contributed by atoms with Gasteiger partial charge >= 0.3 is 0 Å². The van der Waals surface area contributed by atoms with Gasteiger partial charge in [0, 0.05) is 24.7 Å². The van der Waals surface area contributed by atoms with Gasteiger partial charge in [-0.1, -0.05) is 18.2 Å². The van der Waals surface area contributed by atoms with E-state index in [9.17, 15) is 4.79 Å². The number of rotatable bonds is 3. The fraction of sp³-hybridized carbons (Fsp3) is 0.562. The van der Waals surface area contributed by atoms with E-state index < -0.39 is 0 Å². The summed E-state index contributed by atoms with van der Waals surface area (Å²) in [6, 6.07) is 8.28. The molecule has 2 atom stereocenters. The third-order valence-corrected chi connectivity index (χ3v) is 4.34. The number of aryl methyl sites for hydroxylation is 1. The summed E-state index contributed by atoms with van der Waals surface area (Å²) < 4.78 is 5.85. The largest absolute Gasteiger partial charge is 0.373 e. The molecular formula is C16H22N2O2. The Balaban J connectivity index is 1.52. The predicted molar refractivity (Wildman–Crippen MR) is 77.8 cm³/mol. The standard InChI is InChI=1S/C16H22N2O2/c1-12-5-2-3-7-15(12)16(19)17-9-14-10-18-8-4-6-13(18)11-20-14/h2-3,5,7,13-14H,4,6,8-11H2,1H3,(H,17,19)/t13-,14-/m0/s1. The summed E-state index contributed by atoms with van der Waals surface area (Å²) in [5, 5.41) is 3.00. The van der Waals surface area contributed by atoms with Crippen LogP contribution < -0.4 is 5.32 Å². The van der Waals surface area contributed by atoms with Crippen molar-refractivity contribution < 1.29 is 9.53 Å². The predicted octanol–water partition coefficient (Wildman–Crippen LogP) is 1.59. The van der Waals surface area contributed by atoms with Gasteiger partial charge < -0.3 is 10.1 Å². The molecule has 1 amide bonds. The Hall–Kier alpha value is -1.39. The molecule has 0 radical (unpaired) electrons. The molecule has 0 unspecified atom stereocenters. The van der Waals surface area contributed by atoms with Gasteiger partial charge in [-0.05, 0) is 37.9 Å². The van der Waals surface area contributed by atoms with Crippen molar-refractivity contribution >= 4 is 5.91 Å². The van der Waals surface area contributed by atoms with Crippen molar-refractivity contribution in [1.29, 1.82) is 0 Å². The minimum absolute atomic E-state index is 0.00440. The lowest BCUT2D eigenvalue weighted by atomic mass is 10.1. The van der Waals surface area contributed by atoms with E-state index in [0.717, 1.165) is 24.3 Å². The topological polar surface area (TPSA) is 41.6 Å². The average Bonchev–Trinajstić information content (AvgIpc) is 2.92. The Morgan fingerprint density at radius 2 is 2.30 bits per heavy atom. The third-order valence-electron chi connectivity index (χ3n) is 4.34. The SMILES string of the molecule is Cc1ccccc1C(=O)NC[C@H]1CN2CCC[C@H]2CO1. The van der Waals surface area contributed by atoms with E-state index in [2.05, 4.69) is 10.2 Å². The summed E-state index contributed by atoms with van der Waals surface area (Å²) in [5.41, 5.74) is 1.76. The first-order valence-electron chi connectivity index (χ1n) is 7.43. The molecule has 2 saturated heterocycles. The number of nitrogens with one attached hydrogen (secondary N) is 1. The van der Waals surface area contributed by atoms with Crippen molar-refractivity contribution in [2.75, 3.05) is 26.2 Å². The summed E-state index contributed by atoms with van der Waals surface area (Å²) in [5.74, 6) is -0.00440. The Labute approximate surface area is 120 Å². The summed E-state index contributed by atoms with van der Waals surface area (Å²) in [6.45, 7) is 5.48. The van der Waals surface area contributed by atoms with Gasteiger partial charge in [-0.2, -0.15) is 0 Å². The van der Waals surface area contributed by atoms with E-state index in [-0.39, 0.29) is 12.0 Å². The van der Waals surface area contributed by atoms with E-state index in [1.807, 2.05) is 31.2 Å². The van der Waals surface area contributed by atoms with Crippen LogP contribution in [0.2, 0.25) is 0 Å². The van der Waals surface area contributed by atoms with Crippen molar-refractivity contribution in [2.45, 2.75) is 31.9 Å². The van der Waals surface area contributed by atoms with Gasteiger partial charge in [-0.25, -0.2) is 0 Å². The molecule has 0 spiro atoms. The van der Waals surface area contributed by atoms with Crippen LogP contribution in [0.15, 0.2) is 24.3 Å². The number of carbonyl (C=O) groups is 1. The molecule has 3 rings (SSSR count). The zero-order valence-corrected chi connectivity index (χ0v) is 12.0. The van der Waals surface area contributed by atoms with E-state index in [4.69, 9.17) is 4.74 Å². The lowest BCUT2D eigenvalue weighted by Gasteiger charge is -2.35. The number of hydrogen-bond acceptors (Lipinski definition) is 3. The molecule has 0 bridgehead atoms. The fourth-order valence-corrected chi connectivity index (χ4v) is 3.14. The van der Waals surface area contributed by atoms with Gasteiger partial charge in [0.05, 0.1) is 12.7 Å². The van der Waals surface area contributed by atoms with Crippen molar-refractivity contribution in [3.63, 3.8) is 0 Å². The van der Waals surface area contributed by atoms with Crippen LogP contribution in [-0.4, -0.2) is 49.2 Å². The van der Waals surface area contributed by atoms with Crippen LogP contribution in [0.5, 0.6) is 0 Å². The highest BCUT2D eigenvalue weighted by Gasteiger charge is 2.32. The van der Waals surface area contributed by atoms with E-state index in [1.54, 1.807) is 0 Å². The molecule has 1 aromatic rings. The molecule has 0 aliphatic carbocycles. The molecule has 4 heteroatoms. The van der Waals surface area contributed by atoms with Crippen molar-refractivity contribution in [3.8, 4) is 0 Å². The second-order valence-electron chi connectivity index (χ2n) is 5.77. The molecule has 2 fully saturated rings. The summed E-state index contributed by atoms with van der Waals surface area (Å²) >= 11 is 0. The first kappa shape index (κ1) is 13.6. The lowest BCUT2D eigenvalue weighted by Crippen LogP contribution is -2.50. The average molecular weight is 274 g/mol. The van der Waals surface area contributed by atoms with Gasteiger partial charge in [-0.3, -0.25) is 9.69 Å². The molecule has 2 heterocycles. The minimum Gasteiger partial charge on any atom is -0.373 e. The van der Waals surface area contributed by atoms with Crippen LogP contribution in [0, 0.1) is 6.92 Å². The number of fused-ring (bicyclic) bond motifs is 1. The van der Waals surface area contributed by atoms with Crippen LogP contribution in [-0.2, 0) is 4.74 Å². The molecule has 1 aromatic carbocycles. The summed E-state index contributed by atoms with van der Waals surface area (Å²) in [6.07, 6.45) is 2.65. The Morgan fingerprint density at radius 1 is 1.45 bits per heavy atom. The monoisotopic (exact) mass is 274 g/mol. The summed E-state index contributed by atoms with van der Waals surface area (Å²) in [4.78, 5) is 14.6. The summed E-state index contributed by atoms with van der Waals surface area (Å²) in [7, 11) is 0. The molecular weight excluding hydrogens is 252 g/mol. The normalized spacial score (nSPS) is 26.2. The second kappa shape index (κ2) is 5.94. The quantitative estimate of drug-likeness (QED) is 0.910. The molecule has 108 valence electrons. The molecule has 2 aliphatic heterocycles. The van der Waals surface area contributed by atoms with E-state index in [1.165, 1.54) is 19.4 Å². The highest BCUT2D eigenvalue weighted by molar-refractivity contribution is 5.95. The third kappa shape index (κ3) is 2.86. The number of benzene rings is 1. The van der Waals surface area contributed by atoms with Crippen LogP contribution in [0.25, 0.3) is 0 Å². The molecule has 0 saturated carbocycles. The number of nitrogens with zero attached hydrogens (tertiary/aromatic N) is 1. The van der Waals surface area contributed by atoms with Gasteiger partial charge in [0.25, 0.3) is 5.91 Å². The molecule has 20 heavy (non-hydrogen) atoms. The van der Waals surface area contributed by atoms with Crippen LogP contribution >= 0.6 is 0 Å². The number of carbonyl (C=O) groups excluding carboxylic acids is 1. The number of morpholine rings is 1. The van der Waals surface area contributed by atoms with Gasteiger partial charge in [0.1, 0.15) is 0 Å². The Kier molecular flexibility index (Phi) is 4.03. The number of amides is 1. The zero-order valence-electron chi connectivity index (χ0n) is 12.0. The van der Waals surface area contributed by atoms with Crippen LogP contribution in [0.4, 0.5) is 0 Å². The zero-order chi connectivity index (χ0) is 13.9. The maximum absolute atomic E-state index is 12.2. The molecule has 0 aromatic heterocycles. The number of ether oxygens (including phenoxy) is 1. The van der Waals surface area contributed by atoms with Crippen LogP contribution in [0.3, 0.4) is 0 Å². The van der Waals surface area contributed by atoms with Gasteiger partial charge in [-0.15, -0.1) is 0 Å². The smallest absolute Gasteiger partial charge is 0.251 e. The molecule has 1 N–H and O–H groups in total. The lowest BCUT2D eigenvalue weighted by molar-refractivity contribution is -0.0461. The Morgan fingerprint density at radius 3 is 3.15 bits per heavy atom. The highest BCUT2D eigenvalue weighted by atomic mass is 16.5. The maximum Gasteiger partial charge on any atom is 0.251 e. The van der Waals surface area contributed by atoms with Crippen LogP contribution in [0.1, 0.15) is 28.8 Å². The minimum atomic E-state index is -0.00440. The second-order valence-corrected chi connectivity index (χ2v) is 5.77. The highest BCUT2D eigenvalue weighted by Crippen LogP contribution is 2.22.